The van der Waals surface area contributed by atoms with Crippen molar-refractivity contribution in [3.8, 4) is 5.75 Å². The fourth-order valence-corrected chi connectivity index (χ4v) is 13.7. The Balaban J connectivity index is 1.44. The van der Waals surface area contributed by atoms with Crippen molar-refractivity contribution in [2.24, 2.45) is 17.8 Å². The molecule has 1 fully saturated rings. The van der Waals surface area contributed by atoms with Crippen LogP contribution in [0, 0.1) is 31.6 Å². The second-order valence-corrected chi connectivity index (χ2v) is 20.7. The first kappa shape index (κ1) is 41.0. The molecule has 0 unspecified atom stereocenters. The standard InChI is InChI=1S/C47H56N2O6Si/c1-7-24-49-45(53)38-28-35(30-55-56(47(4,5)6,36-16-10-8-11-17-36)37-18-12-9-13-19-37)42(39(29-50)43(38)46(49)54)41(51)22-21-34(40-20-14-15-23-48-40)27-33-25-31(2)44(52)32(3)26-33/h8-20,23,25-27,38-39,41,43,50-52H,7,21-22,24,28-30H2,1-6H3/b34-27-/t38-,39+,41-,43-/m1/s1. The number of imide groups is 1. The average molecular weight is 773 g/mol. The van der Waals surface area contributed by atoms with Gasteiger partial charge in [0.15, 0.2) is 0 Å². The highest BCUT2D eigenvalue weighted by Crippen LogP contribution is 2.47. The summed E-state index contributed by atoms with van der Waals surface area (Å²) < 4.78 is 7.41. The summed E-state index contributed by atoms with van der Waals surface area (Å²) in [6.45, 7) is 12.4. The lowest BCUT2D eigenvalue weighted by atomic mass is 9.68. The summed E-state index contributed by atoms with van der Waals surface area (Å²) in [6.07, 6.45) is 4.36. The molecule has 1 aliphatic heterocycles. The van der Waals surface area contributed by atoms with Gasteiger partial charge < -0.3 is 19.7 Å². The molecule has 1 aliphatic carbocycles. The van der Waals surface area contributed by atoms with Crippen LogP contribution in [0.25, 0.3) is 11.6 Å². The number of phenols is 1. The Hall–Kier alpha value is -4.67. The number of aromatic hydroxyl groups is 1. The molecule has 9 heteroatoms. The molecular weight excluding hydrogens is 717 g/mol. The molecule has 3 N–H and O–H groups in total. The Morgan fingerprint density at radius 1 is 0.946 bits per heavy atom. The predicted octanol–water partition coefficient (Wildman–Crippen LogP) is 6.98. The molecule has 3 aromatic carbocycles. The summed E-state index contributed by atoms with van der Waals surface area (Å²) in [7, 11) is -3.03. The second kappa shape index (κ2) is 17.2. The van der Waals surface area contributed by atoms with Gasteiger partial charge in [-0.15, -0.1) is 0 Å². The number of pyridine rings is 1. The molecule has 0 spiro atoms. The van der Waals surface area contributed by atoms with E-state index in [0.29, 0.717) is 25.0 Å². The number of nitrogens with zero attached hydrogens (tertiary/aromatic N) is 2. The number of allylic oxidation sites excluding steroid dienone is 1. The fourth-order valence-electron chi connectivity index (χ4n) is 9.11. The normalized spacial score (nSPS) is 19.8. The zero-order valence-electron chi connectivity index (χ0n) is 33.5. The Morgan fingerprint density at radius 3 is 2.09 bits per heavy atom. The van der Waals surface area contributed by atoms with Gasteiger partial charge in [0.25, 0.3) is 8.32 Å². The monoisotopic (exact) mass is 772 g/mol. The van der Waals surface area contributed by atoms with Gasteiger partial charge in [0.05, 0.1) is 36.8 Å². The topological polar surface area (TPSA) is 120 Å². The lowest BCUT2D eigenvalue weighted by Crippen LogP contribution is -2.66. The first-order chi connectivity index (χ1) is 26.8. The van der Waals surface area contributed by atoms with E-state index in [0.717, 1.165) is 43.9 Å². The van der Waals surface area contributed by atoms with Gasteiger partial charge in [-0.1, -0.05) is 94.4 Å². The van der Waals surface area contributed by atoms with Crippen LogP contribution in [0.2, 0.25) is 5.04 Å². The number of fused-ring (bicyclic) bond motifs is 1. The molecule has 0 saturated carbocycles. The fraction of sp³-hybridized carbons (Fsp3) is 0.383. The van der Waals surface area contributed by atoms with Gasteiger partial charge in [0, 0.05) is 18.7 Å². The van der Waals surface area contributed by atoms with Crippen LogP contribution in [0.15, 0.2) is 108 Å². The van der Waals surface area contributed by atoms with E-state index in [9.17, 15) is 24.9 Å². The Morgan fingerprint density at radius 2 is 1.55 bits per heavy atom. The number of hydrogen-bond donors (Lipinski definition) is 3. The van der Waals surface area contributed by atoms with Crippen molar-refractivity contribution in [1.82, 2.24) is 9.88 Å². The maximum atomic E-state index is 14.0. The number of rotatable bonds is 14. The summed E-state index contributed by atoms with van der Waals surface area (Å²) in [5.41, 5.74) is 5.48. The highest BCUT2D eigenvalue weighted by atomic mass is 28.4. The molecule has 2 aliphatic rings. The van der Waals surface area contributed by atoms with E-state index in [-0.39, 0.29) is 48.7 Å². The van der Waals surface area contributed by atoms with E-state index >= 15 is 0 Å². The summed E-state index contributed by atoms with van der Waals surface area (Å²) in [4.78, 5) is 33.9. The van der Waals surface area contributed by atoms with Crippen LogP contribution < -0.4 is 10.4 Å². The average Bonchev–Trinajstić information content (AvgIpc) is 3.43. The summed E-state index contributed by atoms with van der Waals surface area (Å²) in [5.74, 6) is -2.36. The third-order valence-corrected chi connectivity index (χ3v) is 16.7. The lowest BCUT2D eigenvalue weighted by Gasteiger charge is -2.44. The highest BCUT2D eigenvalue weighted by Gasteiger charge is 2.56. The second-order valence-electron chi connectivity index (χ2n) is 16.4. The SMILES string of the molecule is CCCN1C(=O)[C@@H]2[C@@H](CC(CO[Si](c3ccccc3)(c3ccccc3)C(C)(C)C)=C([C@H](O)CC/C(=C/c3cc(C)c(O)c(C)c3)c3ccccn3)[C@@H]2CO)C1=O. The van der Waals surface area contributed by atoms with E-state index in [4.69, 9.17) is 4.43 Å². The minimum absolute atomic E-state index is 0.143. The molecule has 8 nitrogen and oxygen atoms in total. The molecular formula is C47H56N2O6Si. The van der Waals surface area contributed by atoms with Crippen LogP contribution in [0.1, 0.15) is 75.8 Å². The van der Waals surface area contributed by atoms with E-state index in [1.807, 2.05) is 93.6 Å². The Labute approximate surface area is 332 Å². The largest absolute Gasteiger partial charge is 0.507 e. The van der Waals surface area contributed by atoms with Crippen molar-refractivity contribution in [2.45, 2.75) is 78.4 Å². The molecule has 4 atom stereocenters. The van der Waals surface area contributed by atoms with Crippen LogP contribution in [0.4, 0.5) is 0 Å². The third-order valence-electron chi connectivity index (χ3n) is 11.7. The van der Waals surface area contributed by atoms with Gasteiger partial charge in [-0.25, -0.2) is 0 Å². The molecule has 294 valence electrons. The van der Waals surface area contributed by atoms with Crippen LogP contribution in [0.3, 0.4) is 0 Å². The van der Waals surface area contributed by atoms with Gasteiger partial charge >= 0.3 is 0 Å². The maximum absolute atomic E-state index is 14.0. The lowest BCUT2D eigenvalue weighted by molar-refractivity contribution is -0.140. The molecule has 56 heavy (non-hydrogen) atoms. The zero-order chi connectivity index (χ0) is 40.2. The number of aromatic nitrogens is 1. The zero-order valence-corrected chi connectivity index (χ0v) is 34.5. The van der Waals surface area contributed by atoms with Gasteiger partial charge in [0.1, 0.15) is 5.75 Å². The number of aryl methyl sites for hydroxylation is 2. The minimum atomic E-state index is -3.03. The number of aliphatic hydroxyl groups excluding tert-OH is 2. The van der Waals surface area contributed by atoms with Crippen LogP contribution in [-0.2, 0) is 14.0 Å². The summed E-state index contributed by atoms with van der Waals surface area (Å²) in [6, 6.07) is 30.3. The molecule has 2 heterocycles. The number of likely N-dealkylation sites (tertiary alicyclic amines) is 1. The predicted molar refractivity (Wildman–Crippen MR) is 225 cm³/mol. The highest BCUT2D eigenvalue weighted by molar-refractivity contribution is 6.99. The number of carbonyl (C=O) groups excluding carboxylic acids is 2. The molecule has 1 saturated heterocycles. The third kappa shape index (κ3) is 7.96. The molecule has 0 bridgehead atoms. The minimum Gasteiger partial charge on any atom is -0.507 e. The maximum Gasteiger partial charge on any atom is 0.261 e. The smallest absolute Gasteiger partial charge is 0.261 e. The van der Waals surface area contributed by atoms with Crippen molar-refractivity contribution < 1.29 is 29.3 Å². The van der Waals surface area contributed by atoms with Crippen molar-refractivity contribution in [2.75, 3.05) is 19.8 Å². The van der Waals surface area contributed by atoms with Crippen LogP contribution in [-0.4, -0.2) is 71.2 Å². The van der Waals surface area contributed by atoms with E-state index in [2.05, 4.69) is 50.0 Å². The van der Waals surface area contributed by atoms with Crippen molar-refractivity contribution in [3.63, 3.8) is 0 Å². The molecule has 4 aromatic rings. The van der Waals surface area contributed by atoms with Gasteiger partial charge in [-0.05, 0) is 119 Å². The number of aliphatic hydroxyl groups is 2. The van der Waals surface area contributed by atoms with E-state index in [1.165, 1.54) is 4.90 Å². The number of phenolic OH excluding ortho intramolecular Hbond substituents is 1. The first-order valence-corrected chi connectivity index (χ1v) is 21.8. The van der Waals surface area contributed by atoms with Gasteiger partial charge in [-0.2, -0.15) is 0 Å². The van der Waals surface area contributed by atoms with E-state index < -0.39 is 32.2 Å². The number of benzene rings is 3. The van der Waals surface area contributed by atoms with E-state index in [1.54, 1.807) is 6.20 Å². The number of hydrogen-bond acceptors (Lipinski definition) is 7. The van der Waals surface area contributed by atoms with Crippen molar-refractivity contribution >= 4 is 42.2 Å². The molecule has 1 aromatic heterocycles. The molecule has 6 rings (SSSR count). The first-order valence-electron chi connectivity index (χ1n) is 19.9. The van der Waals surface area contributed by atoms with Crippen LogP contribution >= 0.6 is 0 Å². The summed E-state index contributed by atoms with van der Waals surface area (Å²) in [5, 5.41) is 35.9. The number of carbonyl (C=O) groups is 2. The number of amides is 2. The van der Waals surface area contributed by atoms with Gasteiger partial charge in [0.2, 0.25) is 11.8 Å². The quantitative estimate of drug-likeness (QED) is 0.0719. The summed E-state index contributed by atoms with van der Waals surface area (Å²) >= 11 is 0. The van der Waals surface area contributed by atoms with Crippen LogP contribution in [0.5, 0.6) is 5.75 Å². The molecule has 0 radical (unpaired) electrons. The van der Waals surface area contributed by atoms with Crippen molar-refractivity contribution in [1.29, 1.82) is 0 Å². The molecule has 2 amide bonds. The Bertz CT molecular complexity index is 2010. The van der Waals surface area contributed by atoms with Gasteiger partial charge in [-0.3, -0.25) is 19.5 Å². The van der Waals surface area contributed by atoms with Crippen molar-refractivity contribution in [3.05, 3.63) is 131 Å². The Kier molecular flexibility index (Phi) is 12.6.